The normalized spacial score (nSPS) is 10.5. The van der Waals surface area contributed by atoms with Crippen LogP contribution in [0.15, 0.2) is 12.3 Å². The number of aromatic nitrogens is 1. The quantitative estimate of drug-likeness (QED) is 0.831. The van der Waals surface area contributed by atoms with E-state index in [2.05, 4.69) is 10.3 Å². The molecule has 0 aliphatic heterocycles. The molecule has 0 radical (unpaired) electrons. The zero-order chi connectivity index (χ0) is 15.3. The summed E-state index contributed by atoms with van der Waals surface area (Å²) in [5.74, 6) is -3.74. The van der Waals surface area contributed by atoms with Crippen LogP contribution in [0.25, 0.3) is 0 Å². The Hall–Kier alpha value is -2.05. The van der Waals surface area contributed by atoms with Gasteiger partial charge in [0.25, 0.3) is 5.91 Å². The third-order valence-electron chi connectivity index (χ3n) is 2.53. The van der Waals surface area contributed by atoms with E-state index in [1.54, 1.807) is 20.8 Å². The lowest BCUT2D eigenvalue weighted by Gasteiger charge is -2.21. The van der Waals surface area contributed by atoms with Crippen molar-refractivity contribution in [3.05, 3.63) is 29.6 Å². The minimum atomic E-state index is -1.33. The summed E-state index contributed by atoms with van der Waals surface area (Å²) in [4.78, 5) is 28.0. The third-order valence-corrected chi connectivity index (χ3v) is 2.53. The number of amides is 2. The van der Waals surface area contributed by atoms with E-state index in [0.717, 1.165) is 17.2 Å². The molecule has 20 heavy (non-hydrogen) atoms. The van der Waals surface area contributed by atoms with E-state index in [1.165, 1.54) is 0 Å². The van der Waals surface area contributed by atoms with E-state index in [4.69, 9.17) is 0 Å². The van der Waals surface area contributed by atoms with Crippen LogP contribution in [0.2, 0.25) is 0 Å². The number of likely N-dealkylation sites (N-methyl/N-ethyl adjacent to an activating group) is 1. The summed E-state index contributed by atoms with van der Waals surface area (Å²) in [6, 6.07) is 1.02. The highest BCUT2D eigenvalue weighted by Crippen LogP contribution is 2.11. The van der Waals surface area contributed by atoms with Gasteiger partial charge < -0.3 is 10.2 Å². The van der Waals surface area contributed by atoms with Crippen molar-refractivity contribution in [1.82, 2.24) is 15.2 Å². The second-order valence-corrected chi connectivity index (χ2v) is 4.50. The number of pyridine rings is 1. The minimum absolute atomic E-state index is 0.0635. The summed E-state index contributed by atoms with van der Waals surface area (Å²) >= 11 is 0. The van der Waals surface area contributed by atoms with Gasteiger partial charge in [-0.05, 0) is 26.8 Å². The first-order valence-electron chi connectivity index (χ1n) is 6.25. The SMILES string of the molecule is CCN(CC(=O)NC(C)C)C(=O)c1ccnc(F)c1F. The number of halogens is 2. The predicted molar refractivity (Wildman–Crippen MR) is 69.0 cm³/mol. The van der Waals surface area contributed by atoms with E-state index in [9.17, 15) is 18.4 Å². The molecule has 0 aliphatic carbocycles. The number of hydrogen-bond acceptors (Lipinski definition) is 3. The molecule has 0 aliphatic rings. The lowest BCUT2D eigenvalue weighted by Crippen LogP contribution is -2.42. The van der Waals surface area contributed by atoms with Gasteiger partial charge in [0.05, 0.1) is 12.1 Å². The second kappa shape index (κ2) is 6.93. The third kappa shape index (κ3) is 3.97. The Balaban J connectivity index is 2.87. The molecule has 1 N–H and O–H groups in total. The molecule has 0 bridgehead atoms. The maximum atomic E-state index is 13.5. The number of nitrogens with zero attached hydrogens (tertiary/aromatic N) is 2. The van der Waals surface area contributed by atoms with Gasteiger partial charge in [-0.25, -0.2) is 9.37 Å². The lowest BCUT2D eigenvalue weighted by molar-refractivity contribution is -0.122. The summed E-state index contributed by atoms with van der Waals surface area (Å²) in [5, 5.41) is 2.63. The Kier molecular flexibility index (Phi) is 5.54. The minimum Gasteiger partial charge on any atom is -0.352 e. The second-order valence-electron chi connectivity index (χ2n) is 4.50. The monoisotopic (exact) mass is 285 g/mol. The Morgan fingerprint density at radius 1 is 1.40 bits per heavy atom. The molecule has 0 saturated carbocycles. The van der Waals surface area contributed by atoms with Crippen LogP contribution < -0.4 is 5.32 Å². The molecule has 0 saturated heterocycles. The zero-order valence-electron chi connectivity index (χ0n) is 11.6. The number of hydrogen-bond donors (Lipinski definition) is 1. The maximum absolute atomic E-state index is 13.5. The van der Waals surface area contributed by atoms with Crippen molar-refractivity contribution < 1.29 is 18.4 Å². The van der Waals surface area contributed by atoms with Crippen molar-refractivity contribution in [1.29, 1.82) is 0 Å². The molecule has 0 atom stereocenters. The van der Waals surface area contributed by atoms with Gasteiger partial charge in [0, 0.05) is 18.8 Å². The molecule has 0 unspecified atom stereocenters. The number of carbonyl (C=O) groups excluding carboxylic acids is 2. The first-order valence-corrected chi connectivity index (χ1v) is 6.25. The van der Waals surface area contributed by atoms with Crippen LogP contribution in [0.4, 0.5) is 8.78 Å². The molecule has 1 aromatic heterocycles. The Bertz CT molecular complexity index is 506. The van der Waals surface area contributed by atoms with E-state index >= 15 is 0 Å². The van der Waals surface area contributed by atoms with Crippen LogP contribution in [-0.4, -0.2) is 40.8 Å². The van der Waals surface area contributed by atoms with Crippen molar-refractivity contribution in [3.63, 3.8) is 0 Å². The van der Waals surface area contributed by atoms with Gasteiger partial charge in [-0.1, -0.05) is 0 Å². The van der Waals surface area contributed by atoms with Gasteiger partial charge in [0.1, 0.15) is 0 Å². The molecule has 0 fully saturated rings. The van der Waals surface area contributed by atoms with E-state index in [-0.39, 0.29) is 25.0 Å². The summed E-state index contributed by atoms with van der Waals surface area (Å²) in [6.07, 6.45) is 1.01. The van der Waals surface area contributed by atoms with E-state index in [1.807, 2.05) is 0 Å². The summed E-state index contributed by atoms with van der Waals surface area (Å²) in [5.41, 5.74) is -0.434. The van der Waals surface area contributed by atoms with Crippen molar-refractivity contribution >= 4 is 11.8 Å². The van der Waals surface area contributed by atoms with Crippen LogP contribution >= 0.6 is 0 Å². The number of nitrogens with one attached hydrogen (secondary N) is 1. The fourth-order valence-electron chi connectivity index (χ4n) is 1.62. The molecule has 1 rings (SSSR count). The smallest absolute Gasteiger partial charge is 0.257 e. The van der Waals surface area contributed by atoms with Gasteiger partial charge in [0.15, 0.2) is 5.82 Å². The molecule has 110 valence electrons. The van der Waals surface area contributed by atoms with Crippen molar-refractivity contribution in [3.8, 4) is 0 Å². The standard InChI is InChI=1S/C13H17F2N3O2/c1-4-18(7-10(19)17-8(2)3)13(20)9-5-6-16-12(15)11(9)14/h5-6,8H,4,7H2,1-3H3,(H,17,19). The van der Waals surface area contributed by atoms with Crippen LogP contribution in [0.3, 0.4) is 0 Å². The first kappa shape index (κ1) is 16.0. The summed E-state index contributed by atoms with van der Waals surface area (Å²) in [6.45, 7) is 5.21. The van der Waals surface area contributed by atoms with Gasteiger partial charge in [-0.2, -0.15) is 4.39 Å². The van der Waals surface area contributed by atoms with Gasteiger partial charge in [0.2, 0.25) is 11.9 Å². The van der Waals surface area contributed by atoms with Gasteiger partial charge >= 0.3 is 0 Å². The zero-order valence-corrected chi connectivity index (χ0v) is 11.6. The largest absolute Gasteiger partial charge is 0.352 e. The number of carbonyl (C=O) groups is 2. The number of rotatable bonds is 5. The predicted octanol–water partition coefficient (Wildman–Crippen LogP) is 1.35. The highest BCUT2D eigenvalue weighted by molar-refractivity contribution is 5.96. The van der Waals surface area contributed by atoms with Gasteiger partial charge in [-0.3, -0.25) is 9.59 Å². The van der Waals surface area contributed by atoms with Crippen molar-refractivity contribution in [2.75, 3.05) is 13.1 Å². The average Bonchev–Trinajstić information content (AvgIpc) is 2.37. The molecule has 0 spiro atoms. The molecule has 5 nitrogen and oxygen atoms in total. The van der Waals surface area contributed by atoms with Crippen LogP contribution in [0.5, 0.6) is 0 Å². The molecule has 1 heterocycles. The fraction of sp³-hybridized carbons (Fsp3) is 0.462. The molecule has 7 heteroatoms. The van der Waals surface area contributed by atoms with Crippen molar-refractivity contribution in [2.24, 2.45) is 0 Å². The molecule has 2 amide bonds. The summed E-state index contributed by atoms with van der Waals surface area (Å²) < 4.78 is 26.5. The van der Waals surface area contributed by atoms with E-state index in [0.29, 0.717) is 0 Å². The van der Waals surface area contributed by atoms with Crippen LogP contribution in [-0.2, 0) is 4.79 Å². The molecule has 1 aromatic rings. The van der Waals surface area contributed by atoms with E-state index < -0.39 is 23.2 Å². The van der Waals surface area contributed by atoms with Crippen LogP contribution in [0.1, 0.15) is 31.1 Å². The van der Waals surface area contributed by atoms with Crippen LogP contribution in [0, 0.1) is 11.8 Å². The van der Waals surface area contributed by atoms with Gasteiger partial charge in [-0.15, -0.1) is 0 Å². The first-order chi connectivity index (χ1) is 9.36. The Morgan fingerprint density at radius 2 is 2.05 bits per heavy atom. The maximum Gasteiger partial charge on any atom is 0.257 e. The average molecular weight is 285 g/mol. The highest BCUT2D eigenvalue weighted by atomic mass is 19.2. The lowest BCUT2D eigenvalue weighted by atomic mass is 10.2. The summed E-state index contributed by atoms with van der Waals surface area (Å²) in [7, 11) is 0. The topological polar surface area (TPSA) is 62.3 Å². The van der Waals surface area contributed by atoms with Crippen molar-refractivity contribution in [2.45, 2.75) is 26.8 Å². The highest BCUT2D eigenvalue weighted by Gasteiger charge is 2.22. The fourth-order valence-corrected chi connectivity index (χ4v) is 1.62. The Labute approximate surface area is 116 Å². The molecule has 0 aromatic carbocycles. The molecular formula is C13H17F2N3O2. The molecular weight excluding hydrogens is 268 g/mol. The Morgan fingerprint density at radius 3 is 2.60 bits per heavy atom.